The molecule has 0 aromatic heterocycles. The van der Waals surface area contributed by atoms with Crippen LogP contribution in [0, 0.1) is 0 Å². The van der Waals surface area contributed by atoms with E-state index in [1.165, 1.54) is 32.1 Å². The minimum atomic E-state index is -0.652. The minimum Gasteiger partial charge on any atom is -0.296 e. The van der Waals surface area contributed by atoms with E-state index in [-0.39, 0.29) is 0 Å². The van der Waals surface area contributed by atoms with E-state index in [4.69, 9.17) is 5.26 Å². The lowest BCUT2D eigenvalue weighted by Gasteiger charge is -1.99. The van der Waals surface area contributed by atoms with Crippen LogP contribution in [0.5, 0.6) is 0 Å². The zero-order valence-corrected chi connectivity index (χ0v) is 9.79. The monoisotopic (exact) mass is 214 g/mol. The lowest BCUT2D eigenvalue weighted by atomic mass is 10.1. The van der Waals surface area contributed by atoms with E-state index < -0.39 is 5.97 Å². The molecule has 0 bridgehead atoms. The van der Waals surface area contributed by atoms with Crippen LogP contribution in [0.2, 0.25) is 0 Å². The highest BCUT2D eigenvalue weighted by molar-refractivity contribution is 5.87. The molecule has 3 heteroatoms. The van der Waals surface area contributed by atoms with E-state index in [1.54, 1.807) is 6.92 Å². The van der Waals surface area contributed by atoms with Gasteiger partial charge < -0.3 is 0 Å². The maximum absolute atomic E-state index is 10.8. The summed E-state index contributed by atoms with van der Waals surface area (Å²) in [5, 5.41) is 8.11. The van der Waals surface area contributed by atoms with Crippen LogP contribution in [0.3, 0.4) is 0 Å². The Bertz CT molecular complexity index is 197. The first kappa shape index (κ1) is 14.2. The summed E-state index contributed by atoms with van der Waals surface area (Å²) in [6, 6.07) is 0. The number of carbonyl (C=O) groups excluding carboxylic acids is 1. The van der Waals surface area contributed by atoms with Crippen LogP contribution < -0.4 is 0 Å². The third-order valence-corrected chi connectivity index (χ3v) is 2.41. The molecule has 15 heavy (non-hydrogen) atoms. The molecule has 0 aromatic rings. The lowest BCUT2D eigenvalue weighted by molar-refractivity contribution is -0.229. The number of allylic oxidation sites excluding steroid dienone is 1. The molecule has 0 fully saturated rings. The second-order valence-corrected chi connectivity index (χ2v) is 3.82. The molecule has 0 heterocycles. The average molecular weight is 214 g/mol. The Balaban J connectivity index is 3.40. The Kier molecular flexibility index (Phi) is 9.18. The smallest absolute Gasteiger partial charge is 0.296 e. The molecule has 0 aliphatic heterocycles. The summed E-state index contributed by atoms with van der Waals surface area (Å²) in [4.78, 5) is 14.4. The SMILES string of the molecule is CCCCCCCCC=C(C)C(=O)OO. The van der Waals surface area contributed by atoms with Gasteiger partial charge in [-0.25, -0.2) is 4.79 Å². The molecule has 0 radical (unpaired) electrons. The van der Waals surface area contributed by atoms with Crippen molar-refractivity contribution in [3.8, 4) is 0 Å². The van der Waals surface area contributed by atoms with Crippen molar-refractivity contribution < 1.29 is 14.9 Å². The van der Waals surface area contributed by atoms with Crippen molar-refractivity contribution in [1.82, 2.24) is 0 Å². The number of hydrogen-bond donors (Lipinski definition) is 1. The summed E-state index contributed by atoms with van der Waals surface area (Å²) in [7, 11) is 0. The van der Waals surface area contributed by atoms with Crippen molar-refractivity contribution in [2.24, 2.45) is 0 Å². The summed E-state index contributed by atoms with van der Waals surface area (Å²) >= 11 is 0. The van der Waals surface area contributed by atoms with Gasteiger partial charge in [-0.15, -0.1) is 0 Å². The maximum atomic E-state index is 10.8. The summed E-state index contributed by atoms with van der Waals surface area (Å²) in [5.41, 5.74) is 0.478. The zero-order chi connectivity index (χ0) is 11.5. The van der Waals surface area contributed by atoms with Crippen LogP contribution in [0.1, 0.15) is 58.8 Å². The summed E-state index contributed by atoms with van der Waals surface area (Å²) in [6.07, 6.45) is 10.2. The Morgan fingerprint density at radius 3 is 2.40 bits per heavy atom. The molecule has 0 saturated carbocycles. The van der Waals surface area contributed by atoms with Crippen molar-refractivity contribution in [3.63, 3.8) is 0 Å². The van der Waals surface area contributed by atoms with Gasteiger partial charge in [0.15, 0.2) is 0 Å². The molecule has 0 spiro atoms. The van der Waals surface area contributed by atoms with Crippen LogP contribution in [0.4, 0.5) is 0 Å². The van der Waals surface area contributed by atoms with Crippen molar-refractivity contribution in [2.45, 2.75) is 58.8 Å². The molecule has 0 unspecified atom stereocenters. The fourth-order valence-corrected chi connectivity index (χ4v) is 1.40. The highest BCUT2D eigenvalue weighted by Gasteiger charge is 2.02. The van der Waals surface area contributed by atoms with Gasteiger partial charge in [-0.05, 0) is 19.8 Å². The largest absolute Gasteiger partial charge is 0.368 e. The maximum Gasteiger partial charge on any atom is 0.368 e. The number of hydrogen-bond acceptors (Lipinski definition) is 3. The predicted octanol–water partition coefficient (Wildman–Crippen LogP) is 3.70. The summed E-state index contributed by atoms with van der Waals surface area (Å²) in [5.74, 6) is -0.652. The molecule has 0 aliphatic carbocycles. The summed E-state index contributed by atoms with van der Waals surface area (Å²) < 4.78 is 0. The van der Waals surface area contributed by atoms with Gasteiger partial charge >= 0.3 is 5.97 Å². The second-order valence-electron chi connectivity index (χ2n) is 3.82. The Morgan fingerprint density at radius 1 is 1.20 bits per heavy atom. The third kappa shape index (κ3) is 8.18. The van der Waals surface area contributed by atoms with Gasteiger partial charge in [0.1, 0.15) is 0 Å². The van der Waals surface area contributed by atoms with Crippen molar-refractivity contribution >= 4 is 5.97 Å². The van der Waals surface area contributed by atoms with Gasteiger partial charge in [0, 0.05) is 5.57 Å². The van der Waals surface area contributed by atoms with Crippen molar-refractivity contribution in [2.75, 3.05) is 0 Å². The molecule has 0 rings (SSSR count). The molecule has 0 aromatic carbocycles. The second kappa shape index (κ2) is 9.71. The molecule has 0 amide bonds. The first-order valence-electron chi connectivity index (χ1n) is 5.74. The lowest BCUT2D eigenvalue weighted by Crippen LogP contribution is -2.01. The minimum absolute atomic E-state index is 0.478. The average Bonchev–Trinajstić information content (AvgIpc) is 2.26. The van der Waals surface area contributed by atoms with E-state index >= 15 is 0 Å². The normalized spacial score (nSPS) is 11.5. The van der Waals surface area contributed by atoms with Gasteiger partial charge in [-0.3, -0.25) is 4.89 Å². The van der Waals surface area contributed by atoms with Gasteiger partial charge in [0.25, 0.3) is 0 Å². The van der Waals surface area contributed by atoms with Crippen LogP contribution in [0.25, 0.3) is 0 Å². The molecule has 3 nitrogen and oxygen atoms in total. The number of rotatable bonds is 8. The number of unbranched alkanes of at least 4 members (excludes halogenated alkanes) is 6. The highest BCUT2D eigenvalue weighted by Crippen LogP contribution is 2.08. The Hall–Kier alpha value is -0.830. The molecular weight excluding hydrogens is 192 g/mol. The first-order valence-corrected chi connectivity index (χ1v) is 5.74. The van der Waals surface area contributed by atoms with E-state index in [2.05, 4.69) is 11.8 Å². The first-order chi connectivity index (χ1) is 7.22. The molecular formula is C12H22O3. The van der Waals surface area contributed by atoms with Gasteiger partial charge in [0.2, 0.25) is 0 Å². The number of carbonyl (C=O) groups is 1. The van der Waals surface area contributed by atoms with Crippen molar-refractivity contribution in [3.05, 3.63) is 11.6 Å². The van der Waals surface area contributed by atoms with Crippen molar-refractivity contribution in [1.29, 1.82) is 0 Å². The Labute approximate surface area is 92.1 Å². The topological polar surface area (TPSA) is 46.5 Å². The molecule has 88 valence electrons. The van der Waals surface area contributed by atoms with Crippen LogP contribution >= 0.6 is 0 Å². The molecule has 0 aliphatic rings. The molecule has 0 saturated heterocycles. The fourth-order valence-electron chi connectivity index (χ4n) is 1.40. The van der Waals surface area contributed by atoms with E-state index in [0.717, 1.165) is 12.8 Å². The van der Waals surface area contributed by atoms with E-state index in [9.17, 15) is 4.79 Å². The van der Waals surface area contributed by atoms with Gasteiger partial charge in [-0.1, -0.05) is 45.1 Å². The standard InChI is InChI=1S/C12H22O3/c1-3-4-5-6-7-8-9-10-11(2)12(13)15-14/h10,14H,3-9H2,1-2H3. The van der Waals surface area contributed by atoms with Crippen LogP contribution in [0.15, 0.2) is 11.6 Å². The van der Waals surface area contributed by atoms with Crippen LogP contribution in [-0.2, 0) is 9.68 Å². The fraction of sp³-hybridized carbons (Fsp3) is 0.750. The zero-order valence-electron chi connectivity index (χ0n) is 9.79. The van der Waals surface area contributed by atoms with E-state index in [1.807, 2.05) is 6.08 Å². The van der Waals surface area contributed by atoms with E-state index in [0.29, 0.717) is 5.57 Å². The Morgan fingerprint density at radius 2 is 1.80 bits per heavy atom. The van der Waals surface area contributed by atoms with Gasteiger partial charge in [-0.2, -0.15) is 5.26 Å². The third-order valence-electron chi connectivity index (χ3n) is 2.41. The predicted molar refractivity (Wildman–Crippen MR) is 60.5 cm³/mol. The van der Waals surface area contributed by atoms with Gasteiger partial charge in [0.05, 0.1) is 0 Å². The molecule has 1 N–H and O–H groups in total. The molecule has 0 atom stereocenters. The quantitative estimate of drug-likeness (QED) is 0.290. The highest BCUT2D eigenvalue weighted by atomic mass is 17.1. The summed E-state index contributed by atoms with van der Waals surface area (Å²) in [6.45, 7) is 3.85. The van der Waals surface area contributed by atoms with Crippen LogP contribution in [-0.4, -0.2) is 11.2 Å².